The molecule has 0 aliphatic carbocycles. The van der Waals surface area contributed by atoms with Gasteiger partial charge in [0.15, 0.2) is 0 Å². The molecule has 1 aliphatic heterocycles. The van der Waals surface area contributed by atoms with E-state index in [0.29, 0.717) is 24.7 Å². The van der Waals surface area contributed by atoms with E-state index >= 15 is 0 Å². The summed E-state index contributed by atoms with van der Waals surface area (Å²) in [6, 6.07) is 7.08. The Morgan fingerprint density at radius 3 is 2.77 bits per heavy atom. The molecule has 0 bridgehead atoms. The largest absolute Gasteiger partial charge is 0.494 e. The predicted octanol–water partition coefficient (Wildman–Crippen LogP) is 2.26. The number of piperidine rings is 1. The van der Waals surface area contributed by atoms with Crippen LogP contribution in [0.2, 0.25) is 0 Å². The van der Waals surface area contributed by atoms with Crippen molar-refractivity contribution in [1.29, 1.82) is 0 Å². The Kier molecular flexibility index (Phi) is 6.68. The maximum absolute atomic E-state index is 11.6. The van der Waals surface area contributed by atoms with Gasteiger partial charge in [0, 0.05) is 13.7 Å². The Labute approximate surface area is 131 Å². The number of carbonyl (C=O) groups excluding carboxylic acids is 1. The van der Waals surface area contributed by atoms with Crippen molar-refractivity contribution in [2.45, 2.75) is 25.9 Å². The van der Waals surface area contributed by atoms with Gasteiger partial charge >= 0.3 is 5.97 Å². The molecule has 1 aromatic rings. The molecule has 0 amide bonds. The van der Waals surface area contributed by atoms with E-state index in [4.69, 9.17) is 14.2 Å². The summed E-state index contributed by atoms with van der Waals surface area (Å²) in [7, 11) is 1.76. The summed E-state index contributed by atoms with van der Waals surface area (Å²) in [5.74, 6) is 1.01. The molecule has 1 saturated heterocycles. The molecular formula is C17H25NO4. The molecule has 1 N–H and O–H groups in total. The molecule has 1 aromatic carbocycles. The summed E-state index contributed by atoms with van der Waals surface area (Å²) in [6.07, 6.45) is 2.35. The smallest absolute Gasteiger partial charge is 0.338 e. The van der Waals surface area contributed by atoms with Crippen molar-refractivity contribution >= 4 is 5.97 Å². The van der Waals surface area contributed by atoms with Gasteiger partial charge in [-0.15, -0.1) is 0 Å². The van der Waals surface area contributed by atoms with Gasteiger partial charge in [-0.05, 0) is 56.5 Å². The van der Waals surface area contributed by atoms with Crippen LogP contribution >= 0.6 is 0 Å². The normalized spacial score (nSPS) is 21.4. The standard InChI is InChI=1S/C17H25NO4/c1-3-21-17(19)14-4-6-15(7-5-14)22-11-9-13-8-10-18-12-16(13)20-2/h4-7,13,16,18H,3,8-12H2,1-2H3/t13-,16-/m1/s1. The van der Waals surface area contributed by atoms with Gasteiger partial charge in [0.1, 0.15) is 5.75 Å². The lowest BCUT2D eigenvalue weighted by molar-refractivity contribution is 0.0253. The van der Waals surface area contributed by atoms with E-state index in [1.807, 2.05) is 12.1 Å². The van der Waals surface area contributed by atoms with Crippen LogP contribution in [-0.4, -0.2) is 45.5 Å². The first kappa shape index (κ1) is 16.8. The number of hydrogen-bond donors (Lipinski definition) is 1. The molecule has 1 heterocycles. The third kappa shape index (κ3) is 4.71. The summed E-state index contributed by atoms with van der Waals surface area (Å²) in [5, 5.41) is 3.34. The van der Waals surface area contributed by atoms with Gasteiger partial charge in [-0.3, -0.25) is 0 Å². The van der Waals surface area contributed by atoms with Crippen molar-refractivity contribution in [1.82, 2.24) is 5.32 Å². The molecule has 0 saturated carbocycles. The number of rotatable bonds is 7. The van der Waals surface area contributed by atoms with Gasteiger partial charge in [0.05, 0.1) is 24.9 Å². The van der Waals surface area contributed by atoms with Crippen LogP contribution in [0.4, 0.5) is 0 Å². The molecule has 2 rings (SSSR count). The zero-order valence-corrected chi connectivity index (χ0v) is 13.3. The number of methoxy groups -OCH3 is 1. The van der Waals surface area contributed by atoms with Crippen LogP contribution in [0.15, 0.2) is 24.3 Å². The number of benzene rings is 1. The fraction of sp³-hybridized carbons (Fsp3) is 0.588. The topological polar surface area (TPSA) is 56.8 Å². The number of nitrogens with one attached hydrogen (secondary N) is 1. The fourth-order valence-electron chi connectivity index (χ4n) is 2.72. The van der Waals surface area contributed by atoms with Crippen LogP contribution in [0.25, 0.3) is 0 Å². The Bertz CT molecular complexity index is 460. The van der Waals surface area contributed by atoms with Crippen molar-refractivity contribution in [3.05, 3.63) is 29.8 Å². The SMILES string of the molecule is CCOC(=O)c1ccc(OCC[C@H]2CCNC[C@H]2OC)cc1. The number of carbonyl (C=O) groups is 1. The van der Waals surface area contributed by atoms with E-state index in [0.717, 1.165) is 31.7 Å². The van der Waals surface area contributed by atoms with Crippen molar-refractivity contribution in [2.75, 3.05) is 33.4 Å². The van der Waals surface area contributed by atoms with Crippen LogP contribution in [0, 0.1) is 5.92 Å². The molecule has 0 unspecified atom stereocenters. The third-order valence-corrected chi connectivity index (χ3v) is 3.99. The summed E-state index contributed by atoms with van der Waals surface area (Å²) < 4.78 is 16.2. The van der Waals surface area contributed by atoms with Gasteiger partial charge in [-0.25, -0.2) is 4.79 Å². The number of esters is 1. The van der Waals surface area contributed by atoms with Crippen molar-refractivity contribution in [3.63, 3.8) is 0 Å². The van der Waals surface area contributed by atoms with Gasteiger partial charge in [0.2, 0.25) is 0 Å². The molecule has 0 aromatic heterocycles. The zero-order valence-electron chi connectivity index (χ0n) is 13.3. The summed E-state index contributed by atoms with van der Waals surface area (Å²) >= 11 is 0. The van der Waals surface area contributed by atoms with Gasteiger partial charge in [-0.1, -0.05) is 0 Å². The van der Waals surface area contributed by atoms with Gasteiger partial charge < -0.3 is 19.5 Å². The van der Waals surface area contributed by atoms with Gasteiger partial charge in [0.25, 0.3) is 0 Å². The monoisotopic (exact) mass is 307 g/mol. The highest BCUT2D eigenvalue weighted by molar-refractivity contribution is 5.89. The molecule has 1 aliphatic rings. The number of hydrogen-bond acceptors (Lipinski definition) is 5. The van der Waals surface area contributed by atoms with E-state index in [1.165, 1.54) is 0 Å². The van der Waals surface area contributed by atoms with Crippen LogP contribution < -0.4 is 10.1 Å². The Hall–Kier alpha value is -1.59. The first-order valence-corrected chi connectivity index (χ1v) is 7.88. The molecular weight excluding hydrogens is 282 g/mol. The van der Waals surface area contributed by atoms with Crippen LogP contribution in [0.3, 0.4) is 0 Å². The Balaban J connectivity index is 1.78. The van der Waals surface area contributed by atoms with E-state index in [1.54, 1.807) is 26.2 Å². The van der Waals surface area contributed by atoms with Crippen molar-refractivity contribution < 1.29 is 19.0 Å². The second-order valence-corrected chi connectivity index (χ2v) is 5.41. The molecule has 0 spiro atoms. The first-order chi connectivity index (χ1) is 10.7. The Morgan fingerprint density at radius 2 is 2.09 bits per heavy atom. The molecule has 5 nitrogen and oxygen atoms in total. The summed E-state index contributed by atoms with van der Waals surface area (Å²) in [6.45, 7) is 4.79. The van der Waals surface area contributed by atoms with Crippen molar-refractivity contribution in [2.24, 2.45) is 5.92 Å². The molecule has 0 radical (unpaired) electrons. The first-order valence-electron chi connectivity index (χ1n) is 7.88. The minimum atomic E-state index is -0.299. The summed E-state index contributed by atoms with van der Waals surface area (Å²) in [5.41, 5.74) is 0.548. The maximum atomic E-state index is 11.6. The highest BCUT2D eigenvalue weighted by atomic mass is 16.5. The average molecular weight is 307 g/mol. The van der Waals surface area contributed by atoms with E-state index in [2.05, 4.69) is 5.32 Å². The molecule has 22 heavy (non-hydrogen) atoms. The third-order valence-electron chi connectivity index (χ3n) is 3.99. The van der Waals surface area contributed by atoms with Crippen molar-refractivity contribution in [3.8, 4) is 5.75 Å². The molecule has 122 valence electrons. The van der Waals surface area contributed by atoms with Gasteiger partial charge in [-0.2, -0.15) is 0 Å². The second-order valence-electron chi connectivity index (χ2n) is 5.41. The Morgan fingerprint density at radius 1 is 1.32 bits per heavy atom. The molecule has 5 heteroatoms. The predicted molar refractivity (Wildman–Crippen MR) is 84.3 cm³/mol. The van der Waals surface area contributed by atoms with Crippen LogP contribution in [0.1, 0.15) is 30.1 Å². The lowest BCUT2D eigenvalue weighted by Gasteiger charge is -2.31. The lowest BCUT2D eigenvalue weighted by atomic mass is 9.92. The molecule has 1 fully saturated rings. The lowest BCUT2D eigenvalue weighted by Crippen LogP contribution is -2.42. The second kappa shape index (κ2) is 8.76. The number of ether oxygens (including phenoxy) is 3. The van der Waals surface area contributed by atoms with Crippen LogP contribution in [-0.2, 0) is 9.47 Å². The van der Waals surface area contributed by atoms with E-state index in [-0.39, 0.29) is 12.1 Å². The quantitative estimate of drug-likeness (QED) is 0.783. The summed E-state index contributed by atoms with van der Waals surface area (Å²) in [4.78, 5) is 11.6. The minimum Gasteiger partial charge on any atom is -0.494 e. The maximum Gasteiger partial charge on any atom is 0.338 e. The highest BCUT2D eigenvalue weighted by Gasteiger charge is 2.24. The van der Waals surface area contributed by atoms with E-state index < -0.39 is 0 Å². The minimum absolute atomic E-state index is 0.267. The highest BCUT2D eigenvalue weighted by Crippen LogP contribution is 2.20. The fourth-order valence-corrected chi connectivity index (χ4v) is 2.72. The van der Waals surface area contributed by atoms with E-state index in [9.17, 15) is 4.79 Å². The molecule has 2 atom stereocenters. The zero-order chi connectivity index (χ0) is 15.8. The van der Waals surface area contributed by atoms with Crippen LogP contribution in [0.5, 0.6) is 5.75 Å². The average Bonchev–Trinajstić information content (AvgIpc) is 2.56.